The molecule has 0 aliphatic heterocycles. The summed E-state index contributed by atoms with van der Waals surface area (Å²) in [5, 5.41) is 10.4. The fraction of sp³-hybridized carbons (Fsp3) is 0.227. The minimum atomic E-state index is -0.688. The molecule has 8 heteroatoms. The summed E-state index contributed by atoms with van der Waals surface area (Å²) in [4.78, 5) is 24.9. The molecule has 2 aromatic carbocycles. The lowest BCUT2D eigenvalue weighted by Crippen LogP contribution is -2.32. The molecule has 2 amide bonds. The molecule has 1 unspecified atom stereocenters. The van der Waals surface area contributed by atoms with Crippen molar-refractivity contribution in [1.29, 1.82) is 0 Å². The van der Waals surface area contributed by atoms with E-state index in [0.29, 0.717) is 22.7 Å². The molecule has 0 spiro atoms. The number of aromatic nitrogens is 2. The number of hydrogen-bond acceptors (Lipinski definition) is 3. The van der Waals surface area contributed by atoms with Gasteiger partial charge in [-0.1, -0.05) is 49.2 Å². The molecule has 1 heterocycles. The van der Waals surface area contributed by atoms with E-state index in [1.165, 1.54) is 6.07 Å². The van der Waals surface area contributed by atoms with Gasteiger partial charge in [-0.25, -0.2) is 4.39 Å². The van der Waals surface area contributed by atoms with E-state index < -0.39 is 23.7 Å². The van der Waals surface area contributed by atoms with Crippen molar-refractivity contribution in [3.8, 4) is 11.3 Å². The Morgan fingerprint density at radius 3 is 2.67 bits per heavy atom. The number of nitrogens with two attached hydrogens (primary N) is 1. The van der Waals surface area contributed by atoms with Crippen LogP contribution in [0.3, 0.4) is 0 Å². The molecule has 30 heavy (non-hydrogen) atoms. The third-order valence-corrected chi connectivity index (χ3v) is 4.89. The van der Waals surface area contributed by atoms with Crippen LogP contribution in [0.25, 0.3) is 11.3 Å². The molecular formula is C22H22ClFN4O2. The van der Waals surface area contributed by atoms with E-state index in [1.807, 2.05) is 6.92 Å². The predicted molar refractivity (Wildman–Crippen MR) is 113 cm³/mol. The number of rotatable bonds is 8. The van der Waals surface area contributed by atoms with E-state index in [9.17, 15) is 14.0 Å². The fourth-order valence-electron chi connectivity index (χ4n) is 3.31. The Bertz CT molecular complexity index is 1070. The van der Waals surface area contributed by atoms with Crippen LogP contribution < -0.4 is 11.1 Å². The third kappa shape index (κ3) is 4.86. The summed E-state index contributed by atoms with van der Waals surface area (Å²) in [5.74, 6) is -1.53. The highest BCUT2D eigenvalue weighted by Crippen LogP contribution is 2.28. The zero-order valence-electron chi connectivity index (χ0n) is 16.4. The summed E-state index contributed by atoms with van der Waals surface area (Å²) in [6.45, 7) is 1.97. The molecule has 0 aliphatic rings. The predicted octanol–water partition coefficient (Wildman–Crippen LogP) is 4.17. The van der Waals surface area contributed by atoms with Gasteiger partial charge in [0.2, 0.25) is 5.91 Å². The number of carbonyl (C=O) groups is 2. The van der Waals surface area contributed by atoms with Crippen molar-refractivity contribution in [3.63, 3.8) is 0 Å². The van der Waals surface area contributed by atoms with Gasteiger partial charge in [-0.2, -0.15) is 5.10 Å². The van der Waals surface area contributed by atoms with Crippen molar-refractivity contribution in [2.45, 2.75) is 32.2 Å². The number of nitrogens with zero attached hydrogens (tertiary/aromatic N) is 1. The topological polar surface area (TPSA) is 101 Å². The van der Waals surface area contributed by atoms with Crippen LogP contribution in [0.15, 0.2) is 48.5 Å². The molecule has 0 saturated heterocycles. The fourth-order valence-corrected chi connectivity index (χ4v) is 3.51. The van der Waals surface area contributed by atoms with Crippen molar-refractivity contribution in [3.05, 3.63) is 76.2 Å². The molecule has 6 nitrogen and oxygen atoms in total. The Morgan fingerprint density at radius 1 is 1.23 bits per heavy atom. The Labute approximate surface area is 178 Å². The van der Waals surface area contributed by atoms with Gasteiger partial charge in [0.05, 0.1) is 18.0 Å². The second kappa shape index (κ2) is 9.54. The molecule has 0 fully saturated rings. The monoisotopic (exact) mass is 428 g/mol. The van der Waals surface area contributed by atoms with Gasteiger partial charge in [-0.05, 0) is 36.2 Å². The second-order valence-electron chi connectivity index (χ2n) is 6.91. The Hall–Kier alpha value is -3.19. The maximum atomic E-state index is 14.4. The first-order valence-corrected chi connectivity index (χ1v) is 9.95. The standard InChI is InChI=1S/C22H22ClFN4O2/c1-2-6-17-20(21(28-27-17)15-9-3-4-10-16(15)24)22(30)26-18(12-19(25)29)13-7-5-8-14(23)11-13/h3-5,7-11,18H,2,6,12H2,1H3,(H2,25,29)(H,26,30)(H,27,28). The van der Waals surface area contributed by atoms with Crippen molar-refractivity contribution in [2.75, 3.05) is 0 Å². The van der Waals surface area contributed by atoms with Crippen LogP contribution in [0.5, 0.6) is 0 Å². The van der Waals surface area contributed by atoms with Gasteiger partial charge in [-0.3, -0.25) is 14.7 Å². The highest BCUT2D eigenvalue weighted by Gasteiger charge is 2.26. The molecule has 1 atom stereocenters. The van der Waals surface area contributed by atoms with Gasteiger partial charge >= 0.3 is 0 Å². The van der Waals surface area contributed by atoms with Gasteiger partial charge in [-0.15, -0.1) is 0 Å². The van der Waals surface area contributed by atoms with Crippen LogP contribution in [0.2, 0.25) is 5.02 Å². The summed E-state index contributed by atoms with van der Waals surface area (Å²) in [7, 11) is 0. The summed E-state index contributed by atoms with van der Waals surface area (Å²) >= 11 is 6.07. The van der Waals surface area contributed by atoms with Gasteiger partial charge in [0, 0.05) is 16.3 Å². The lowest BCUT2D eigenvalue weighted by Gasteiger charge is -2.19. The minimum Gasteiger partial charge on any atom is -0.370 e. The average Bonchev–Trinajstić information content (AvgIpc) is 3.11. The number of amides is 2. The Balaban J connectivity index is 2.01. The molecule has 3 aromatic rings. The summed E-state index contributed by atoms with van der Waals surface area (Å²) in [6.07, 6.45) is 1.21. The smallest absolute Gasteiger partial charge is 0.255 e. The van der Waals surface area contributed by atoms with Crippen LogP contribution >= 0.6 is 11.6 Å². The number of benzene rings is 2. The SMILES string of the molecule is CCCc1[nH]nc(-c2ccccc2F)c1C(=O)NC(CC(N)=O)c1cccc(Cl)c1. The first kappa shape index (κ1) is 21.5. The van der Waals surface area contributed by atoms with Crippen molar-refractivity contribution < 1.29 is 14.0 Å². The van der Waals surface area contributed by atoms with E-state index in [-0.39, 0.29) is 23.2 Å². The largest absolute Gasteiger partial charge is 0.370 e. The molecule has 4 N–H and O–H groups in total. The van der Waals surface area contributed by atoms with Gasteiger partial charge in [0.1, 0.15) is 11.5 Å². The zero-order chi connectivity index (χ0) is 21.7. The lowest BCUT2D eigenvalue weighted by atomic mass is 10.00. The number of hydrogen-bond donors (Lipinski definition) is 3. The number of primary amides is 1. The van der Waals surface area contributed by atoms with E-state index in [4.69, 9.17) is 17.3 Å². The molecule has 0 radical (unpaired) electrons. The molecule has 0 aliphatic carbocycles. The van der Waals surface area contributed by atoms with Gasteiger partial charge < -0.3 is 11.1 Å². The highest BCUT2D eigenvalue weighted by atomic mass is 35.5. The molecule has 1 aromatic heterocycles. The third-order valence-electron chi connectivity index (χ3n) is 4.66. The summed E-state index contributed by atoms with van der Waals surface area (Å²) in [5.41, 5.74) is 7.31. The molecule has 156 valence electrons. The molecule has 0 bridgehead atoms. The van der Waals surface area contributed by atoms with Crippen LogP contribution in [-0.2, 0) is 11.2 Å². The number of nitrogens with one attached hydrogen (secondary N) is 2. The summed E-state index contributed by atoms with van der Waals surface area (Å²) < 4.78 is 14.4. The Morgan fingerprint density at radius 2 is 2.00 bits per heavy atom. The molecular weight excluding hydrogens is 407 g/mol. The highest BCUT2D eigenvalue weighted by molar-refractivity contribution is 6.30. The number of carbonyl (C=O) groups excluding carboxylic acids is 2. The first-order valence-electron chi connectivity index (χ1n) is 9.57. The minimum absolute atomic E-state index is 0.109. The maximum Gasteiger partial charge on any atom is 0.255 e. The van der Waals surface area contributed by atoms with Crippen molar-refractivity contribution in [1.82, 2.24) is 15.5 Å². The lowest BCUT2D eigenvalue weighted by molar-refractivity contribution is -0.118. The van der Waals surface area contributed by atoms with E-state index in [1.54, 1.807) is 42.5 Å². The summed E-state index contributed by atoms with van der Waals surface area (Å²) in [6, 6.07) is 12.3. The van der Waals surface area contributed by atoms with E-state index in [0.717, 1.165) is 6.42 Å². The van der Waals surface area contributed by atoms with E-state index in [2.05, 4.69) is 15.5 Å². The van der Waals surface area contributed by atoms with Crippen molar-refractivity contribution in [2.24, 2.45) is 5.73 Å². The quantitative estimate of drug-likeness (QED) is 0.502. The maximum absolute atomic E-state index is 14.4. The molecule has 0 saturated carbocycles. The van der Waals surface area contributed by atoms with Crippen LogP contribution in [0, 0.1) is 5.82 Å². The average molecular weight is 429 g/mol. The first-order chi connectivity index (χ1) is 14.4. The van der Waals surface area contributed by atoms with Crippen LogP contribution in [0.4, 0.5) is 4.39 Å². The number of halogens is 2. The number of aromatic amines is 1. The second-order valence-corrected chi connectivity index (χ2v) is 7.34. The van der Waals surface area contributed by atoms with Gasteiger partial charge in [0.25, 0.3) is 5.91 Å². The molecule has 3 rings (SSSR count). The number of aryl methyl sites for hydroxylation is 1. The van der Waals surface area contributed by atoms with Crippen molar-refractivity contribution >= 4 is 23.4 Å². The number of H-pyrrole nitrogens is 1. The Kier molecular flexibility index (Phi) is 6.84. The van der Waals surface area contributed by atoms with E-state index >= 15 is 0 Å². The van der Waals surface area contributed by atoms with Gasteiger partial charge in [0.15, 0.2) is 0 Å². The van der Waals surface area contributed by atoms with Crippen LogP contribution in [-0.4, -0.2) is 22.0 Å². The van der Waals surface area contributed by atoms with Crippen LogP contribution in [0.1, 0.15) is 47.4 Å². The normalized spacial score (nSPS) is 11.8. The zero-order valence-corrected chi connectivity index (χ0v) is 17.2.